The van der Waals surface area contributed by atoms with E-state index in [0.717, 1.165) is 4.88 Å². The summed E-state index contributed by atoms with van der Waals surface area (Å²) in [5, 5.41) is 2.04. The Balaban J connectivity index is 2.81. The molecule has 2 heteroatoms. The van der Waals surface area contributed by atoms with Crippen LogP contribution in [-0.4, -0.2) is 6.04 Å². The SMILES string of the molecule is Cc1ccsc1C#CC(C)N. The van der Waals surface area contributed by atoms with Crippen molar-refractivity contribution >= 4 is 11.3 Å². The third-order valence-corrected chi connectivity index (χ3v) is 2.21. The van der Waals surface area contributed by atoms with E-state index in [4.69, 9.17) is 5.73 Å². The molecule has 1 heterocycles. The minimum Gasteiger partial charge on any atom is -0.318 e. The van der Waals surface area contributed by atoms with Gasteiger partial charge in [0.15, 0.2) is 0 Å². The first-order valence-corrected chi connectivity index (χ1v) is 4.39. The van der Waals surface area contributed by atoms with Crippen LogP contribution in [0.4, 0.5) is 0 Å². The molecule has 1 aromatic heterocycles. The Labute approximate surface area is 71.2 Å². The highest BCUT2D eigenvalue weighted by Gasteiger charge is 1.93. The largest absolute Gasteiger partial charge is 0.318 e. The number of nitrogens with two attached hydrogens (primary N) is 1. The molecule has 0 aliphatic carbocycles. The fourth-order valence-electron chi connectivity index (χ4n) is 0.680. The molecule has 0 fully saturated rings. The zero-order chi connectivity index (χ0) is 8.27. The summed E-state index contributed by atoms with van der Waals surface area (Å²) < 4.78 is 0. The molecule has 0 amide bonds. The minimum absolute atomic E-state index is 0.0310. The predicted octanol–water partition coefficient (Wildman–Crippen LogP) is 1.76. The molecule has 0 spiro atoms. The summed E-state index contributed by atoms with van der Waals surface area (Å²) in [6.07, 6.45) is 0. The molecule has 0 saturated heterocycles. The summed E-state index contributed by atoms with van der Waals surface area (Å²) in [6.45, 7) is 3.94. The van der Waals surface area contributed by atoms with Gasteiger partial charge in [-0.2, -0.15) is 0 Å². The smallest absolute Gasteiger partial charge is 0.0798 e. The Morgan fingerprint density at radius 1 is 1.64 bits per heavy atom. The van der Waals surface area contributed by atoms with Gasteiger partial charge in [-0.15, -0.1) is 11.3 Å². The highest BCUT2D eigenvalue weighted by molar-refractivity contribution is 7.10. The second-order valence-corrected chi connectivity index (χ2v) is 3.41. The monoisotopic (exact) mass is 165 g/mol. The summed E-state index contributed by atoms with van der Waals surface area (Å²) in [7, 11) is 0. The lowest BCUT2D eigenvalue weighted by Gasteiger charge is -1.88. The molecule has 0 radical (unpaired) electrons. The molecule has 1 aromatic rings. The van der Waals surface area contributed by atoms with Crippen LogP contribution in [-0.2, 0) is 0 Å². The van der Waals surface area contributed by atoms with E-state index in [1.54, 1.807) is 11.3 Å². The van der Waals surface area contributed by atoms with Crippen LogP contribution in [0.2, 0.25) is 0 Å². The Hall–Kier alpha value is -0.780. The van der Waals surface area contributed by atoms with Crippen molar-refractivity contribution in [3.05, 3.63) is 21.9 Å². The summed E-state index contributed by atoms with van der Waals surface area (Å²) in [5.74, 6) is 5.96. The lowest BCUT2D eigenvalue weighted by molar-refractivity contribution is 0.959. The van der Waals surface area contributed by atoms with Crippen LogP contribution in [0.1, 0.15) is 17.4 Å². The molecular formula is C9H11NS. The van der Waals surface area contributed by atoms with Crippen LogP contribution >= 0.6 is 11.3 Å². The number of hydrogen-bond donors (Lipinski definition) is 1. The Morgan fingerprint density at radius 3 is 2.82 bits per heavy atom. The molecule has 2 N–H and O–H groups in total. The average Bonchev–Trinajstić information content (AvgIpc) is 2.31. The fraction of sp³-hybridized carbons (Fsp3) is 0.333. The van der Waals surface area contributed by atoms with Crippen molar-refractivity contribution in [2.45, 2.75) is 19.9 Å². The van der Waals surface area contributed by atoms with Gasteiger partial charge in [-0.3, -0.25) is 0 Å². The van der Waals surface area contributed by atoms with Crippen LogP contribution in [0.15, 0.2) is 11.4 Å². The van der Waals surface area contributed by atoms with Gasteiger partial charge in [0.05, 0.1) is 10.9 Å². The standard InChI is InChI=1S/C9H11NS/c1-7-5-6-11-9(7)4-3-8(2)10/h5-6,8H,10H2,1-2H3. The van der Waals surface area contributed by atoms with Crippen molar-refractivity contribution in [2.75, 3.05) is 0 Å². The third kappa shape index (κ3) is 2.38. The van der Waals surface area contributed by atoms with E-state index in [9.17, 15) is 0 Å². The lowest BCUT2D eigenvalue weighted by Crippen LogP contribution is -2.10. The van der Waals surface area contributed by atoms with Crippen molar-refractivity contribution in [3.8, 4) is 11.8 Å². The Kier molecular flexibility index (Phi) is 2.70. The number of rotatable bonds is 0. The maximum Gasteiger partial charge on any atom is 0.0798 e. The molecular weight excluding hydrogens is 154 g/mol. The van der Waals surface area contributed by atoms with Gasteiger partial charge in [-0.25, -0.2) is 0 Å². The molecule has 0 saturated carbocycles. The second kappa shape index (κ2) is 3.56. The maximum absolute atomic E-state index is 5.49. The molecule has 1 unspecified atom stereocenters. The molecule has 0 bridgehead atoms. The summed E-state index contributed by atoms with van der Waals surface area (Å²) in [5.41, 5.74) is 6.73. The summed E-state index contributed by atoms with van der Waals surface area (Å²) >= 11 is 1.66. The van der Waals surface area contributed by atoms with E-state index < -0.39 is 0 Å². The number of thiophene rings is 1. The van der Waals surface area contributed by atoms with E-state index in [1.807, 2.05) is 12.3 Å². The van der Waals surface area contributed by atoms with Gasteiger partial charge in [0.1, 0.15) is 0 Å². The first-order chi connectivity index (χ1) is 5.20. The topological polar surface area (TPSA) is 26.0 Å². The van der Waals surface area contributed by atoms with Gasteiger partial charge >= 0.3 is 0 Å². The fourth-order valence-corrected chi connectivity index (χ4v) is 1.46. The van der Waals surface area contributed by atoms with Crippen molar-refractivity contribution in [2.24, 2.45) is 5.73 Å². The molecule has 0 aliphatic rings. The van der Waals surface area contributed by atoms with Crippen molar-refractivity contribution in [1.82, 2.24) is 0 Å². The van der Waals surface area contributed by atoms with E-state index in [-0.39, 0.29) is 6.04 Å². The van der Waals surface area contributed by atoms with Gasteiger partial charge in [-0.1, -0.05) is 11.8 Å². The Bertz CT molecular complexity index is 288. The molecule has 1 atom stereocenters. The van der Waals surface area contributed by atoms with E-state index >= 15 is 0 Å². The van der Waals surface area contributed by atoms with Gasteiger partial charge in [-0.05, 0) is 30.9 Å². The number of aryl methyl sites for hydroxylation is 1. The van der Waals surface area contributed by atoms with Gasteiger partial charge in [0.25, 0.3) is 0 Å². The zero-order valence-corrected chi connectivity index (χ0v) is 7.53. The molecule has 11 heavy (non-hydrogen) atoms. The van der Waals surface area contributed by atoms with Crippen molar-refractivity contribution in [3.63, 3.8) is 0 Å². The summed E-state index contributed by atoms with van der Waals surface area (Å²) in [6, 6.07) is 2.03. The highest BCUT2D eigenvalue weighted by atomic mass is 32.1. The zero-order valence-electron chi connectivity index (χ0n) is 6.72. The first-order valence-electron chi connectivity index (χ1n) is 3.51. The molecule has 1 rings (SSSR count). The molecule has 1 nitrogen and oxygen atoms in total. The number of hydrogen-bond acceptors (Lipinski definition) is 2. The molecule has 0 aromatic carbocycles. The van der Waals surface area contributed by atoms with Crippen molar-refractivity contribution < 1.29 is 0 Å². The third-order valence-electron chi connectivity index (χ3n) is 1.28. The molecule has 58 valence electrons. The van der Waals surface area contributed by atoms with E-state index in [2.05, 4.69) is 24.8 Å². The van der Waals surface area contributed by atoms with Crippen LogP contribution in [0.5, 0.6) is 0 Å². The van der Waals surface area contributed by atoms with Crippen LogP contribution in [0, 0.1) is 18.8 Å². The Morgan fingerprint density at radius 2 is 2.36 bits per heavy atom. The minimum atomic E-state index is -0.0310. The summed E-state index contributed by atoms with van der Waals surface area (Å²) in [4.78, 5) is 1.13. The maximum atomic E-state index is 5.49. The highest BCUT2D eigenvalue weighted by Crippen LogP contribution is 2.13. The quantitative estimate of drug-likeness (QED) is 0.582. The molecule has 0 aliphatic heterocycles. The van der Waals surface area contributed by atoms with Gasteiger partial charge in [0, 0.05) is 0 Å². The van der Waals surface area contributed by atoms with Crippen molar-refractivity contribution in [1.29, 1.82) is 0 Å². The lowest BCUT2D eigenvalue weighted by atomic mass is 10.3. The van der Waals surface area contributed by atoms with Crippen LogP contribution < -0.4 is 5.73 Å². The first kappa shape index (κ1) is 8.32. The van der Waals surface area contributed by atoms with Gasteiger partial charge < -0.3 is 5.73 Å². The predicted molar refractivity (Wildman–Crippen MR) is 49.6 cm³/mol. The van der Waals surface area contributed by atoms with Crippen LogP contribution in [0.25, 0.3) is 0 Å². The van der Waals surface area contributed by atoms with Crippen LogP contribution in [0.3, 0.4) is 0 Å². The van der Waals surface area contributed by atoms with Gasteiger partial charge in [0.2, 0.25) is 0 Å². The van der Waals surface area contributed by atoms with E-state index in [0.29, 0.717) is 0 Å². The second-order valence-electron chi connectivity index (χ2n) is 2.49. The average molecular weight is 165 g/mol. The van der Waals surface area contributed by atoms with E-state index in [1.165, 1.54) is 5.56 Å². The normalized spacial score (nSPS) is 11.9.